The molecule has 2 N–H and O–H groups in total. The van der Waals surface area contributed by atoms with Crippen molar-refractivity contribution in [1.82, 2.24) is 15.5 Å². The molecule has 3 rings (SSSR count). The van der Waals surface area contributed by atoms with Gasteiger partial charge < -0.3 is 25.0 Å². The van der Waals surface area contributed by atoms with Gasteiger partial charge in [0.1, 0.15) is 12.8 Å². The van der Waals surface area contributed by atoms with Crippen LogP contribution in [0.25, 0.3) is 0 Å². The predicted octanol–water partition coefficient (Wildman–Crippen LogP) is 2.86. The number of rotatable bonds is 9. The molecule has 1 fully saturated rings. The van der Waals surface area contributed by atoms with Crippen molar-refractivity contribution in [1.29, 1.82) is 0 Å². The Balaban J connectivity index is 1.58. The van der Waals surface area contributed by atoms with Gasteiger partial charge in [-0.2, -0.15) is 0 Å². The highest BCUT2D eigenvalue weighted by Crippen LogP contribution is 2.19. The number of benzene rings is 2. The molecule has 2 aromatic rings. The molecule has 35 heavy (non-hydrogen) atoms. The fourth-order valence-electron chi connectivity index (χ4n) is 3.80. The minimum Gasteiger partial charge on any atom is -0.466 e. The predicted molar refractivity (Wildman–Crippen MR) is 128 cm³/mol. The molecular formula is C26H31N3O6. The first-order valence-electron chi connectivity index (χ1n) is 11.7. The smallest absolute Gasteiger partial charge is 0.319 e. The van der Waals surface area contributed by atoms with Crippen LogP contribution in [-0.4, -0.2) is 54.6 Å². The van der Waals surface area contributed by atoms with Gasteiger partial charge in [0.05, 0.1) is 18.9 Å². The zero-order chi connectivity index (χ0) is 25.0. The second-order valence-electron chi connectivity index (χ2n) is 8.23. The molecule has 0 bridgehead atoms. The summed E-state index contributed by atoms with van der Waals surface area (Å²) in [4.78, 5) is 51.7. The van der Waals surface area contributed by atoms with Crippen LogP contribution in [0.5, 0.6) is 0 Å². The Labute approximate surface area is 204 Å². The number of ether oxygens (including phenoxy) is 2. The van der Waals surface area contributed by atoms with Gasteiger partial charge in [0.25, 0.3) is 5.91 Å². The van der Waals surface area contributed by atoms with E-state index in [1.54, 1.807) is 37.3 Å². The fourth-order valence-corrected chi connectivity index (χ4v) is 3.80. The van der Waals surface area contributed by atoms with Crippen molar-refractivity contribution in [3.63, 3.8) is 0 Å². The first kappa shape index (κ1) is 25.7. The Hall–Kier alpha value is -3.88. The topological polar surface area (TPSA) is 114 Å². The molecule has 0 aliphatic carbocycles. The number of hydrogen-bond acceptors (Lipinski definition) is 6. The number of urea groups is 1. The highest BCUT2D eigenvalue weighted by atomic mass is 16.5. The molecule has 9 nitrogen and oxygen atoms in total. The first-order valence-corrected chi connectivity index (χ1v) is 11.7. The van der Waals surface area contributed by atoms with E-state index in [1.807, 2.05) is 30.3 Å². The SMILES string of the molecule is CCOC(=O)C[C@@H](NC(=O)c1ccccc1)NC(=O)N1CCC[C@@H](C(=O)OCc2ccccc2)C1. The molecule has 9 heteroatoms. The Morgan fingerprint density at radius 2 is 1.66 bits per heavy atom. The van der Waals surface area contributed by atoms with Crippen molar-refractivity contribution in [3.05, 3.63) is 71.8 Å². The molecule has 0 radical (unpaired) electrons. The number of amides is 3. The second kappa shape index (κ2) is 13.1. The van der Waals surface area contributed by atoms with Gasteiger partial charge in [-0.1, -0.05) is 48.5 Å². The molecule has 1 heterocycles. The molecule has 3 amide bonds. The van der Waals surface area contributed by atoms with E-state index >= 15 is 0 Å². The number of carbonyl (C=O) groups excluding carboxylic acids is 4. The van der Waals surface area contributed by atoms with Gasteiger partial charge in [0.2, 0.25) is 0 Å². The summed E-state index contributed by atoms with van der Waals surface area (Å²) in [5.41, 5.74) is 1.29. The lowest BCUT2D eigenvalue weighted by Gasteiger charge is -2.33. The lowest BCUT2D eigenvalue weighted by Crippen LogP contribution is -2.55. The number of piperidine rings is 1. The minimum atomic E-state index is -0.973. The maximum absolute atomic E-state index is 13.0. The Morgan fingerprint density at radius 3 is 2.34 bits per heavy atom. The normalized spacial score (nSPS) is 16.0. The number of likely N-dealkylation sites (tertiary alicyclic amines) is 1. The monoisotopic (exact) mass is 481 g/mol. The summed E-state index contributed by atoms with van der Waals surface area (Å²) in [5, 5.41) is 5.37. The van der Waals surface area contributed by atoms with E-state index < -0.39 is 30.0 Å². The van der Waals surface area contributed by atoms with E-state index in [1.165, 1.54) is 4.90 Å². The van der Waals surface area contributed by atoms with E-state index in [0.717, 1.165) is 5.56 Å². The number of nitrogens with one attached hydrogen (secondary N) is 2. The van der Waals surface area contributed by atoms with Crippen molar-refractivity contribution in [3.8, 4) is 0 Å². The highest BCUT2D eigenvalue weighted by molar-refractivity contribution is 5.94. The second-order valence-corrected chi connectivity index (χ2v) is 8.23. The summed E-state index contributed by atoms with van der Waals surface area (Å²) < 4.78 is 10.4. The van der Waals surface area contributed by atoms with Crippen LogP contribution in [0.15, 0.2) is 60.7 Å². The van der Waals surface area contributed by atoms with Crippen LogP contribution in [-0.2, 0) is 25.7 Å². The molecule has 0 spiro atoms. The molecule has 0 saturated carbocycles. The summed E-state index contributed by atoms with van der Waals surface area (Å²) >= 11 is 0. The number of hydrogen-bond donors (Lipinski definition) is 2. The van der Waals surface area contributed by atoms with Crippen LogP contribution >= 0.6 is 0 Å². The first-order chi connectivity index (χ1) is 17.0. The molecule has 0 unspecified atom stereocenters. The summed E-state index contributed by atoms with van der Waals surface area (Å²) in [7, 11) is 0. The highest BCUT2D eigenvalue weighted by Gasteiger charge is 2.31. The fraction of sp³-hybridized carbons (Fsp3) is 0.385. The van der Waals surface area contributed by atoms with Crippen LogP contribution in [0.4, 0.5) is 4.79 Å². The van der Waals surface area contributed by atoms with E-state index in [0.29, 0.717) is 24.9 Å². The van der Waals surface area contributed by atoms with E-state index in [-0.39, 0.29) is 32.1 Å². The van der Waals surface area contributed by atoms with Gasteiger partial charge in [0, 0.05) is 18.7 Å². The molecule has 0 aromatic heterocycles. The van der Waals surface area contributed by atoms with Gasteiger partial charge in [-0.25, -0.2) is 4.79 Å². The van der Waals surface area contributed by atoms with Crippen LogP contribution < -0.4 is 10.6 Å². The molecule has 2 aromatic carbocycles. The van der Waals surface area contributed by atoms with Crippen molar-refractivity contribution in [2.24, 2.45) is 5.92 Å². The van der Waals surface area contributed by atoms with Crippen molar-refractivity contribution >= 4 is 23.9 Å². The molecule has 1 aliphatic heterocycles. The zero-order valence-electron chi connectivity index (χ0n) is 19.8. The number of carbonyl (C=O) groups is 4. The minimum absolute atomic E-state index is 0.176. The molecule has 1 aliphatic rings. The number of nitrogens with zero attached hydrogens (tertiary/aromatic N) is 1. The lowest BCUT2D eigenvalue weighted by atomic mass is 9.98. The van der Waals surface area contributed by atoms with Gasteiger partial charge in [0.15, 0.2) is 0 Å². The molecule has 1 saturated heterocycles. The quantitative estimate of drug-likeness (QED) is 0.421. The summed E-state index contributed by atoms with van der Waals surface area (Å²) in [6, 6.07) is 17.4. The third-order valence-corrected chi connectivity index (χ3v) is 5.58. The van der Waals surface area contributed by atoms with Gasteiger partial charge >= 0.3 is 18.0 Å². The van der Waals surface area contributed by atoms with Crippen molar-refractivity contribution in [2.45, 2.75) is 39.0 Å². The van der Waals surface area contributed by atoms with Gasteiger partial charge in [-0.05, 0) is 37.5 Å². The van der Waals surface area contributed by atoms with Crippen LogP contribution in [0.2, 0.25) is 0 Å². The standard InChI is InChI=1S/C26H31N3O6/c1-2-34-23(30)16-22(27-24(31)20-12-7-4-8-13-20)28-26(33)29-15-9-14-21(17-29)25(32)35-18-19-10-5-3-6-11-19/h3-8,10-13,21-22H,2,9,14-18H2,1H3,(H,27,31)(H,28,33)/t21-,22+/m1/s1. The van der Waals surface area contributed by atoms with E-state index in [9.17, 15) is 19.2 Å². The maximum atomic E-state index is 13.0. The van der Waals surface area contributed by atoms with E-state index in [2.05, 4.69) is 10.6 Å². The number of esters is 2. The van der Waals surface area contributed by atoms with Crippen LogP contribution in [0.3, 0.4) is 0 Å². The Kier molecular flexibility index (Phi) is 9.65. The average Bonchev–Trinajstić information content (AvgIpc) is 2.88. The molecule has 2 atom stereocenters. The van der Waals surface area contributed by atoms with E-state index in [4.69, 9.17) is 9.47 Å². The van der Waals surface area contributed by atoms with Gasteiger partial charge in [-0.15, -0.1) is 0 Å². The van der Waals surface area contributed by atoms with Gasteiger partial charge in [-0.3, -0.25) is 14.4 Å². The average molecular weight is 482 g/mol. The van der Waals surface area contributed by atoms with Crippen molar-refractivity contribution < 1.29 is 28.7 Å². The van der Waals surface area contributed by atoms with Crippen LogP contribution in [0, 0.1) is 5.92 Å². The Morgan fingerprint density at radius 1 is 0.971 bits per heavy atom. The maximum Gasteiger partial charge on any atom is 0.319 e. The summed E-state index contributed by atoms with van der Waals surface area (Å²) in [5.74, 6) is -1.78. The third-order valence-electron chi connectivity index (χ3n) is 5.58. The van der Waals surface area contributed by atoms with Crippen molar-refractivity contribution in [2.75, 3.05) is 19.7 Å². The zero-order valence-corrected chi connectivity index (χ0v) is 19.8. The lowest BCUT2D eigenvalue weighted by molar-refractivity contribution is -0.151. The van der Waals surface area contributed by atoms with Crippen LogP contribution in [0.1, 0.15) is 42.1 Å². The molecular weight excluding hydrogens is 450 g/mol. The summed E-state index contributed by atoms with van der Waals surface area (Å²) in [6.07, 6.45) is 0.0556. The Bertz CT molecular complexity index is 999. The largest absolute Gasteiger partial charge is 0.466 e. The third kappa shape index (κ3) is 8.13. The molecule has 186 valence electrons. The summed E-state index contributed by atoms with van der Waals surface area (Å²) in [6.45, 7) is 2.69.